The zero-order chi connectivity index (χ0) is 17.6. The molecule has 7 nitrogen and oxygen atoms in total. The van der Waals surface area contributed by atoms with Gasteiger partial charge in [-0.05, 0) is 17.7 Å². The van der Waals surface area contributed by atoms with Crippen LogP contribution in [0.25, 0.3) is 0 Å². The average molecular weight is 353 g/mol. The van der Waals surface area contributed by atoms with Gasteiger partial charge in [-0.2, -0.15) is 5.26 Å². The van der Waals surface area contributed by atoms with Gasteiger partial charge in [-0.1, -0.05) is 17.7 Å². The van der Waals surface area contributed by atoms with Crippen LogP contribution in [0.5, 0.6) is 0 Å². The molecule has 0 spiro atoms. The highest BCUT2D eigenvalue weighted by molar-refractivity contribution is 6.31. The first-order valence-electron chi connectivity index (χ1n) is 7.34. The van der Waals surface area contributed by atoms with Crippen molar-refractivity contribution in [3.05, 3.63) is 76.6 Å². The van der Waals surface area contributed by atoms with Gasteiger partial charge in [0.1, 0.15) is 18.5 Å². The first kappa shape index (κ1) is 16.8. The largest absolute Gasteiger partial charge is 0.384 e. The summed E-state index contributed by atoms with van der Waals surface area (Å²) in [6.07, 6.45) is 6.98. The van der Waals surface area contributed by atoms with Crippen molar-refractivity contribution in [3.8, 4) is 6.07 Å². The number of halogens is 1. The molecular formula is C17H13ClN6O. The number of aliphatic hydroxyl groups excluding tert-OH is 1. The van der Waals surface area contributed by atoms with Crippen molar-refractivity contribution in [2.24, 2.45) is 0 Å². The standard InChI is InChI=1S/C17H13ClN6O/c18-15-2-1-12(3-13(15)4-19)16(25)14-8-23-17(24-9-14)22-7-11-5-20-10-21-6-11/h1-3,5-6,8-10,16,25H,7H2,(H,22,23,24). The highest BCUT2D eigenvalue weighted by Gasteiger charge is 2.13. The molecule has 0 fully saturated rings. The maximum Gasteiger partial charge on any atom is 0.222 e. The summed E-state index contributed by atoms with van der Waals surface area (Å²) in [7, 11) is 0. The van der Waals surface area contributed by atoms with Crippen LogP contribution in [0.2, 0.25) is 5.02 Å². The lowest BCUT2D eigenvalue weighted by atomic mass is 10.0. The summed E-state index contributed by atoms with van der Waals surface area (Å²) >= 11 is 5.91. The first-order chi connectivity index (χ1) is 12.2. The zero-order valence-corrected chi connectivity index (χ0v) is 13.7. The van der Waals surface area contributed by atoms with Crippen molar-refractivity contribution in [1.29, 1.82) is 5.26 Å². The van der Waals surface area contributed by atoms with Crippen LogP contribution in [-0.2, 0) is 6.54 Å². The number of nitriles is 1. The van der Waals surface area contributed by atoms with Crippen molar-refractivity contribution in [3.63, 3.8) is 0 Å². The Morgan fingerprint density at radius 3 is 2.52 bits per heavy atom. The summed E-state index contributed by atoms with van der Waals surface area (Å²) in [5.41, 5.74) is 2.27. The topological polar surface area (TPSA) is 108 Å². The highest BCUT2D eigenvalue weighted by atomic mass is 35.5. The van der Waals surface area contributed by atoms with Gasteiger partial charge in [0.05, 0.1) is 10.6 Å². The number of nitrogens with one attached hydrogen (secondary N) is 1. The Kier molecular flexibility index (Phi) is 5.14. The molecule has 0 radical (unpaired) electrons. The number of anilines is 1. The number of aliphatic hydroxyl groups is 1. The number of benzene rings is 1. The number of nitrogens with zero attached hydrogens (tertiary/aromatic N) is 5. The Hall–Kier alpha value is -3.08. The lowest BCUT2D eigenvalue weighted by Gasteiger charge is -2.12. The van der Waals surface area contributed by atoms with Gasteiger partial charge in [-0.15, -0.1) is 0 Å². The van der Waals surface area contributed by atoms with E-state index in [0.717, 1.165) is 5.56 Å². The Labute approximate surface area is 149 Å². The van der Waals surface area contributed by atoms with Gasteiger partial charge >= 0.3 is 0 Å². The molecule has 0 bridgehead atoms. The minimum absolute atomic E-state index is 0.308. The van der Waals surface area contributed by atoms with E-state index in [4.69, 9.17) is 16.9 Å². The molecule has 1 aromatic carbocycles. The number of aromatic nitrogens is 4. The third-order valence-electron chi connectivity index (χ3n) is 3.48. The van der Waals surface area contributed by atoms with Crippen LogP contribution in [0.1, 0.15) is 28.4 Å². The van der Waals surface area contributed by atoms with Gasteiger partial charge in [0.25, 0.3) is 0 Å². The summed E-state index contributed by atoms with van der Waals surface area (Å²) < 4.78 is 0. The zero-order valence-electron chi connectivity index (χ0n) is 13.0. The fraction of sp³-hybridized carbons (Fsp3) is 0.118. The molecule has 0 saturated carbocycles. The van der Waals surface area contributed by atoms with Gasteiger partial charge in [-0.25, -0.2) is 19.9 Å². The second kappa shape index (κ2) is 7.66. The van der Waals surface area contributed by atoms with E-state index < -0.39 is 6.10 Å². The van der Waals surface area contributed by atoms with Gasteiger partial charge in [-0.3, -0.25) is 0 Å². The highest BCUT2D eigenvalue weighted by Crippen LogP contribution is 2.25. The van der Waals surface area contributed by atoms with Crippen molar-refractivity contribution in [2.45, 2.75) is 12.6 Å². The average Bonchev–Trinajstić information content (AvgIpc) is 2.67. The van der Waals surface area contributed by atoms with Gasteiger partial charge in [0, 0.05) is 42.5 Å². The molecule has 2 aromatic heterocycles. The molecular weight excluding hydrogens is 340 g/mol. The van der Waals surface area contributed by atoms with Gasteiger partial charge in [0.15, 0.2) is 0 Å². The number of hydrogen-bond acceptors (Lipinski definition) is 7. The Bertz CT molecular complexity index is 895. The maximum absolute atomic E-state index is 10.4. The van der Waals surface area contributed by atoms with E-state index in [1.165, 1.54) is 18.7 Å². The summed E-state index contributed by atoms with van der Waals surface area (Å²) in [5.74, 6) is 0.425. The summed E-state index contributed by atoms with van der Waals surface area (Å²) in [4.78, 5) is 16.2. The Morgan fingerprint density at radius 2 is 1.84 bits per heavy atom. The van der Waals surface area contributed by atoms with E-state index in [9.17, 15) is 5.11 Å². The molecule has 0 aliphatic carbocycles. The van der Waals surface area contributed by atoms with Crippen LogP contribution >= 0.6 is 11.6 Å². The molecule has 0 aliphatic rings. The predicted molar refractivity (Wildman–Crippen MR) is 91.6 cm³/mol. The summed E-state index contributed by atoms with van der Waals surface area (Å²) in [6, 6.07) is 6.78. The van der Waals surface area contributed by atoms with E-state index in [2.05, 4.69) is 25.3 Å². The minimum atomic E-state index is -0.944. The van der Waals surface area contributed by atoms with Gasteiger partial charge < -0.3 is 10.4 Å². The third kappa shape index (κ3) is 4.07. The van der Waals surface area contributed by atoms with Crippen LogP contribution in [0.3, 0.4) is 0 Å². The second-order valence-electron chi connectivity index (χ2n) is 5.19. The molecule has 2 heterocycles. The van der Waals surface area contributed by atoms with E-state index in [0.29, 0.717) is 34.2 Å². The maximum atomic E-state index is 10.4. The molecule has 124 valence electrons. The van der Waals surface area contributed by atoms with Crippen LogP contribution in [-0.4, -0.2) is 25.0 Å². The SMILES string of the molecule is N#Cc1cc(C(O)c2cnc(NCc3cncnc3)nc2)ccc1Cl. The summed E-state index contributed by atoms with van der Waals surface area (Å²) in [6.45, 7) is 0.492. The minimum Gasteiger partial charge on any atom is -0.384 e. The lowest BCUT2D eigenvalue weighted by Crippen LogP contribution is -2.06. The van der Waals surface area contributed by atoms with E-state index in [-0.39, 0.29) is 0 Å². The first-order valence-corrected chi connectivity index (χ1v) is 7.72. The molecule has 0 saturated heterocycles. The number of rotatable bonds is 5. The Balaban J connectivity index is 1.70. The van der Waals surface area contributed by atoms with Crippen LogP contribution < -0.4 is 5.32 Å². The van der Waals surface area contributed by atoms with E-state index in [1.807, 2.05) is 6.07 Å². The van der Waals surface area contributed by atoms with Crippen LogP contribution in [0, 0.1) is 11.3 Å². The molecule has 2 N–H and O–H groups in total. The van der Waals surface area contributed by atoms with E-state index >= 15 is 0 Å². The second-order valence-corrected chi connectivity index (χ2v) is 5.60. The Morgan fingerprint density at radius 1 is 1.12 bits per heavy atom. The van der Waals surface area contributed by atoms with Crippen molar-refractivity contribution >= 4 is 17.5 Å². The molecule has 3 rings (SSSR count). The normalized spacial score (nSPS) is 11.6. The molecule has 25 heavy (non-hydrogen) atoms. The molecule has 0 amide bonds. The predicted octanol–water partition coefficient (Wildman–Crippen LogP) is 2.49. The quantitative estimate of drug-likeness (QED) is 0.726. The molecule has 1 unspecified atom stereocenters. The lowest BCUT2D eigenvalue weighted by molar-refractivity contribution is 0.219. The monoisotopic (exact) mass is 352 g/mol. The van der Waals surface area contributed by atoms with Crippen molar-refractivity contribution in [1.82, 2.24) is 19.9 Å². The smallest absolute Gasteiger partial charge is 0.222 e. The van der Waals surface area contributed by atoms with Gasteiger partial charge in [0.2, 0.25) is 5.95 Å². The fourth-order valence-electron chi connectivity index (χ4n) is 2.16. The van der Waals surface area contributed by atoms with E-state index in [1.54, 1.807) is 30.6 Å². The number of hydrogen-bond donors (Lipinski definition) is 2. The summed E-state index contributed by atoms with van der Waals surface area (Å²) in [5, 5.41) is 22.9. The fourth-order valence-corrected chi connectivity index (χ4v) is 2.32. The van der Waals surface area contributed by atoms with Crippen molar-refractivity contribution in [2.75, 3.05) is 5.32 Å². The molecule has 8 heteroatoms. The molecule has 1 atom stereocenters. The van der Waals surface area contributed by atoms with Crippen molar-refractivity contribution < 1.29 is 5.11 Å². The molecule has 3 aromatic rings. The van der Waals surface area contributed by atoms with Crippen LogP contribution in [0.4, 0.5) is 5.95 Å². The van der Waals surface area contributed by atoms with Crippen LogP contribution in [0.15, 0.2) is 49.3 Å². The third-order valence-corrected chi connectivity index (χ3v) is 3.81. The molecule has 0 aliphatic heterocycles.